The van der Waals surface area contributed by atoms with Crippen LogP contribution in [0, 0.1) is 0 Å². The molecular formula is C24H54GaP3. The molecule has 0 atom stereocenters. The Kier molecular flexibility index (Phi) is 9.67. The molecule has 0 aromatic heterocycles. The zero-order chi connectivity index (χ0) is 23.3. The van der Waals surface area contributed by atoms with Crippen LogP contribution in [0.4, 0.5) is 0 Å². The van der Waals surface area contributed by atoms with Crippen LogP contribution in [-0.4, -0.2) is 45.7 Å². The second-order valence-corrected chi connectivity index (χ2v) is 50.4. The molecule has 0 radical (unpaired) electrons. The molecule has 0 fully saturated rings. The summed E-state index contributed by atoms with van der Waals surface area (Å²) in [4.78, 5) is 0. The van der Waals surface area contributed by atoms with E-state index in [4.69, 9.17) is 0 Å². The van der Waals surface area contributed by atoms with Crippen LogP contribution in [-0.2, 0) is 0 Å². The first-order chi connectivity index (χ1) is 11.7. The third-order valence-corrected chi connectivity index (χ3v) is 74.7. The van der Waals surface area contributed by atoms with Gasteiger partial charge in [-0.1, -0.05) is 0 Å². The predicted octanol–water partition coefficient (Wildman–Crippen LogP) is 10.2. The molecule has 28 heavy (non-hydrogen) atoms. The zero-order valence-corrected chi connectivity index (χ0v) is 28.0. The molecule has 0 unspecified atom stereocenters. The second-order valence-electron chi connectivity index (χ2n) is 14.5. The second kappa shape index (κ2) is 9.05. The van der Waals surface area contributed by atoms with Crippen LogP contribution >= 0.6 is 18.6 Å². The quantitative estimate of drug-likeness (QED) is 0.264. The van der Waals surface area contributed by atoms with E-state index in [0.717, 1.165) is 0 Å². The van der Waals surface area contributed by atoms with Gasteiger partial charge in [0.1, 0.15) is 0 Å². The van der Waals surface area contributed by atoms with Crippen LogP contribution in [0.2, 0.25) is 0 Å². The van der Waals surface area contributed by atoms with E-state index in [-0.39, 0.29) is 18.6 Å². The summed E-state index contributed by atoms with van der Waals surface area (Å²) in [6, 6.07) is 0. The fourth-order valence-electron chi connectivity index (χ4n) is 5.44. The van der Waals surface area contributed by atoms with Gasteiger partial charge in [-0.2, -0.15) is 0 Å². The molecule has 0 saturated heterocycles. The fraction of sp³-hybridized carbons (Fsp3) is 1.00. The number of rotatable bonds is 3. The number of hydrogen-bond acceptors (Lipinski definition) is 0. The van der Waals surface area contributed by atoms with Crippen LogP contribution in [0.25, 0.3) is 0 Å². The van der Waals surface area contributed by atoms with Gasteiger partial charge < -0.3 is 0 Å². The third-order valence-electron chi connectivity index (χ3n) is 5.03. The fourth-order valence-corrected chi connectivity index (χ4v) is 122. The molecule has 0 aromatic carbocycles. The first kappa shape index (κ1) is 29.9. The van der Waals surface area contributed by atoms with Gasteiger partial charge in [0.2, 0.25) is 0 Å². The normalized spacial score (nSPS) is 15.8. The summed E-state index contributed by atoms with van der Waals surface area (Å²) in [5.74, 6) is 0. The van der Waals surface area contributed by atoms with Crippen molar-refractivity contribution in [1.82, 2.24) is 0 Å². The van der Waals surface area contributed by atoms with Crippen molar-refractivity contribution in [3.05, 3.63) is 0 Å². The van der Waals surface area contributed by atoms with Gasteiger partial charge in [-0.25, -0.2) is 0 Å². The molecule has 168 valence electrons. The SMILES string of the molecule is CC(C)(C)[P]([Ga]([P](C(C)(C)C)C(C)(C)C)[P](C(C)(C)C)C(C)(C)C)C(C)(C)C. The molecule has 0 amide bonds. The Morgan fingerprint density at radius 3 is 0.464 bits per heavy atom. The van der Waals surface area contributed by atoms with Gasteiger partial charge in [-0.05, 0) is 0 Å². The van der Waals surface area contributed by atoms with Gasteiger partial charge in [0.05, 0.1) is 0 Å². The summed E-state index contributed by atoms with van der Waals surface area (Å²) < 4.78 is 0. The molecule has 0 aliphatic heterocycles. The molecule has 4 heteroatoms. The van der Waals surface area contributed by atoms with Gasteiger partial charge in [0, 0.05) is 0 Å². The number of hydrogen-bond donors (Lipinski definition) is 0. The molecule has 0 rings (SSSR count). The monoisotopic (exact) mass is 504 g/mol. The van der Waals surface area contributed by atoms with Crippen LogP contribution < -0.4 is 0 Å². The molecule has 0 nitrogen and oxygen atoms in total. The van der Waals surface area contributed by atoms with Gasteiger partial charge >= 0.3 is 189 Å². The first-order valence-electron chi connectivity index (χ1n) is 11.1. The van der Waals surface area contributed by atoms with Crippen molar-refractivity contribution in [1.29, 1.82) is 0 Å². The third kappa shape index (κ3) is 8.12. The van der Waals surface area contributed by atoms with Crippen LogP contribution in [0.5, 0.6) is 0 Å². The van der Waals surface area contributed by atoms with Crippen LogP contribution in [0.1, 0.15) is 125 Å². The van der Waals surface area contributed by atoms with E-state index in [9.17, 15) is 0 Å². The topological polar surface area (TPSA) is 0 Å². The van der Waals surface area contributed by atoms with E-state index in [0.29, 0.717) is 30.9 Å². The van der Waals surface area contributed by atoms with Crippen molar-refractivity contribution in [2.75, 3.05) is 0 Å². The Labute approximate surface area is 188 Å². The average molecular weight is 505 g/mol. The molecule has 0 saturated carbocycles. The van der Waals surface area contributed by atoms with E-state index < -0.39 is 14.8 Å². The van der Waals surface area contributed by atoms with Crippen molar-refractivity contribution < 1.29 is 0 Å². The molecular weight excluding hydrogens is 451 g/mol. The summed E-state index contributed by atoms with van der Waals surface area (Å²) in [6.45, 7) is 46.5. The standard InChI is InChI=1S/3C8H18P.Ga/c3*1-7(2,3)9-8(4,5)6;/h3*1-6H3;/q3*-1;+3. The van der Waals surface area contributed by atoms with Crippen LogP contribution in [0.3, 0.4) is 0 Å². The molecule has 0 heterocycles. The summed E-state index contributed by atoms with van der Waals surface area (Å²) in [6.07, 6.45) is 0.00926. The molecule has 0 bridgehead atoms. The van der Waals surface area contributed by atoms with E-state index in [2.05, 4.69) is 125 Å². The molecule has 0 aliphatic rings. The maximum absolute atomic E-state index is 2.58. The Morgan fingerprint density at radius 1 is 0.286 bits per heavy atom. The summed E-state index contributed by atoms with van der Waals surface area (Å²) in [5, 5.41) is 2.62. The minimum absolute atomic E-state index is 0.00309. The van der Waals surface area contributed by atoms with E-state index in [1.807, 2.05) is 0 Å². The van der Waals surface area contributed by atoms with Crippen molar-refractivity contribution in [2.45, 2.75) is 156 Å². The van der Waals surface area contributed by atoms with Crippen molar-refractivity contribution >= 4 is 33.4 Å². The van der Waals surface area contributed by atoms with Crippen molar-refractivity contribution in [2.24, 2.45) is 0 Å². The average Bonchev–Trinajstić information content (AvgIpc) is 2.13. The Morgan fingerprint density at radius 2 is 0.393 bits per heavy atom. The maximum atomic E-state index is 2.58. The van der Waals surface area contributed by atoms with Crippen molar-refractivity contribution in [3.8, 4) is 0 Å². The zero-order valence-electron chi connectivity index (χ0n) is 22.9. The van der Waals surface area contributed by atoms with Gasteiger partial charge in [0.25, 0.3) is 0 Å². The summed E-state index contributed by atoms with van der Waals surface area (Å²) in [5.41, 5.74) is 0. The van der Waals surface area contributed by atoms with Gasteiger partial charge in [-0.3, -0.25) is 0 Å². The Bertz CT molecular complexity index is 381. The Balaban J connectivity index is 7.30. The summed E-state index contributed by atoms with van der Waals surface area (Å²) in [7, 11) is 0. The Hall–Kier alpha value is 1.93. The molecule has 0 N–H and O–H groups in total. The van der Waals surface area contributed by atoms with E-state index >= 15 is 0 Å². The van der Waals surface area contributed by atoms with Gasteiger partial charge in [-0.15, -0.1) is 0 Å². The molecule has 0 spiro atoms. The van der Waals surface area contributed by atoms with Crippen molar-refractivity contribution in [3.63, 3.8) is 0 Å². The van der Waals surface area contributed by atoms with Gasteiger partial charge in [0.15, 0.2) is 0 Å². The van der Waals surface area contributed by atoms with E-state index in [1.165, 1.54) is 0 Å². The van der Waals surface area contributed by atoms with Crippen LogP contribution in [0.15, 0.2) is 0 Å². The minimum atomic E-state index is -1.82. The molecule has 0 aromatic rings. The first-order valence-corrected chi connectivity index (χ1v) is 25.1. The summed E-state index contributed by atoms with van der Waals surface area (Å²) >= 11 is -1.82. The molecule has 0 aliphatic carbocycles. The predicted molar refractivity (Wildman–Crippen MR) is 145 cm³/mol. The van der Waals surface area contributed by atoms with E-state index in [1.54, 1.807) is 0 Å².